The fraction of sp³-hybridized carbons (Fsp3) is 0. The first-order valence-electron chi connectivity index (χ1n) is 15.0. The Morgan fingerprint density at radius 1 is 0.356 bits per heavy atom. The minimum atomic E-state index is 0.609. The Morgan fingerprint density at radius 3 is 1.91 bits per heavy atom. The van der Waals surface area contributed by atoms with Gasteiger partial charge in [0.15, 0.2) is 17.5 Å². The zero-order valence-corrected chi connectivity index (χ0v) is 24.2. The molecule has 4 nitrogen and oxygen atoms in total. The van der Waals surface area contributed by atoms with E-state index in [1.54, 1.807) is 0 Å². The highest BCUT2D eigenvalue weighted by Gasteiger charge is 2.18. The lowest BCUT2D eigenvalue weighted by atomic mass is 9.98. The second-order valence-corrected chi connectivity index (χ2v) is 11.3. The van der Waals surface area contributed by atoms with Crippen LogP contribution in [0.4, 0.5) is 0 Å². The smallest absolute Gasteiger partial charge is 0.164 e. The maximum absolute atomic E-state index is 6.23. The van der Waals surface area contributed by atoms with Crippen LogP contribution in [0.5, 0.6) is 0 Å². The largest absolute Gasteiger partial charge is 0.456 e. The number of para-hydroxylation sites is 1. The van der Waals surface area contributed by atoms with Gasteiger partial charge in [0.1, 0.15) is 11.2 Å². The first-order valence-corrected chi connectivity index (χ1v) is 15.0. The van der Waals surface area contributed by atoms with Gasteiger partial charge in [0.25, 0.3) is 0 Å². The molecule has 210 valence electrons. The Morgan fingerprint density at radius 2 is 1.00 bits per heavy atom. The zero-order valence-electron chi connectivity index (χ0n) is 24.2. The van der Waals surface area contributed by atoms with Crippen molar-refractivity contribution >= 4 is 43.5 Å². The van der Waals surface area contributed by atoms with E-state index in [2.05, 4.69) is 115 Å². The molecule has 2 heterocycles. The van der Waals surface area contributed by atoms with Gasteiger partial charge in [-0.25, -0.2) is 15.0 Å². The van der Waals surface area contributed by atoms with Gasteiger partial charge in [-0.05, 0) is 56.9 Å². The van der Waals surface area contributed by atoms with Crippen LogP contribution >= 0.6 is 0 Å². The van der Waals surface area contributed by atoms with Crippen molar-refractivity contribution in [2.45, 2.75) is 0 Å². The Hall–Kier alpha value is -6.13. The lowest BCUT2D eigenvalue weighted by Gasteiger charge is -2.12. The van der Waals surface area contributed by atoms with Crippen molar-refractivity contribution in [1.29, 1.82) is 0 Å². The average molecular weight is 576 g/mol. The number of fused-ring (bicyclic) bond motifs is 5. The van der Waals surface area contributed by atoms with Crippen LogP contribution in [-0.4, -0.2) is 15.0 Å². The molecule has 0 saturated heterocycles. The molecular formula is C41H25N3O. The van der Waals surface area contributed by atoms with Gasteiger partial charge in [-0.15, -0.1) is 0 Å². The Bertz CT molecular complexity index is 2550. The highest BCUT2D eigenvalue weighted by molar-refractivity contribution is 6.12. The topological polar surface area (TPSA) is 51.8 Å². The van der Waals surface area contributed by atoms with E-state index in [1.165, 1.54) is 16.5 Å². The van der Waals surface area contributed by atoms with E-state index < -0.39 is 0 Å². The maximum Gasteiger partial charge on any atom is 0.164 e. The summed E-state index contributed by atoms with van der Waals surface area (Å²) in [7, 11) is 0. The van der Waals surface area contributed by atoms with E-state index >= 15 is 0 Å². The second-order valence-electron chi connectivity index (χ2n) is 11.3. The minimum absolute atomic E-state index is 0.609. The number of aromatic nitrogens is 3. The van der Waals surface area contributed by atoms with Crippen LogP contribution < -0.4 is 0 Å². The summed E-state index contributed by atoms with van der Waals surface area (Å²) in [5.74, 6) is 1.87. The van der Waals surface area contributed by atoms with E-state index in [4.69, 9.17) is 19.4 Å². The molecule has 0 radical (unpaired) electrons. The van der Waals surface area contributed by atoms with Crippen molar-refractivity contribution in [3.8, 4) is 45.3 Å². The number of benzene rings is 7. The lowest BCUT2D eigenvalue weighted by Crippen LogP contribution is -2.01. The van der Waals surface area contributed by atoms with Crippen LogP contribution in [-0.2, 0) is 0 Å². The minimum Gasteiger partial charge on any atom is -0.456 e. The molecule has 0 amide bonds. The third-order valence-corrected chi connectivity index (χ3v) is 8.51. The molecular weight excluding hydrogens is 550 g/mol. The summed E-state index contributed by atoms with van der Waals surface area (Å²) in [5.41, 5.74) is 6.82. The summed E-state index contributed by atoms with van der Waals surface area (Å²) in [4.78, 5) is 15.4. The van der Waals surface area contributed by atoms with Crippen molar-refractivity contribution in [3.63, 3.8) is 0 Å². The SMILES string of the molecule is c1ccc(-c2ccc3c(-c4nc(-c5ccc6ccccc6c5)nc(-c5cccc6oc7ccccc7c56)n4)cccc3c2)cc1. The van der Waals surface area contributed by atoms with Gasteiger partial charge in [0, 0.05) is 27.5 Å². The molecule has 0 N–H and O–H groups in total. The summed E-state index contributed by atoms with van der Waals surface area (Å²) >= 11 is 0. The number of rotatable bonds is 4. The first kappa shape index (κ1) is 25.4. The number of nitrogens with zero attached hydrogens (tertiary/aromatic N) is 3. The average Bonchev–Trinajstić information content (AvgIpc) is 3.50. The molecule has 0 aliphatic rings. The Labute approximate surface area is 259 Å². The van der Waals surface area contributed by atoms with E-state index in [9.17, 15) is 0 Å². The summed E-state index contributed by atoms with van der Waals surface area (Å²) < 4.78 is 6.23. The molecule has 0 bridgehead atoms. The van der Waals surface area contributed by atoms with Crippen LogP contribution in [0.15, 0.2) is 156 Å². The van der Waals surface area contributed by atoms with E-state index in [1.807, 2.05) is 36.4 Å². The molecule has 0 atom stereocenters. The first-order chi connectivity index (χ1) is 22.3. The molecule has 4 heteroatoms. The normalized spacial score (nSPS) is 11.6. The predicted octanol–water partition coefficient (Wildman–Crippen LogP) is 10.7. The van der Waals surface area contributed by atoms with Crippen LogP contribution in [0.2, 0.25) is 0 Å². The van der Waals surface area contributed by atoms with Gasteiger partial charge < -0.3 is 4.42 Å². The van der Waals surface area contributed by atoms with Crippen LogP contribution in [0, 0.1) is 0 Å². The zero-order chi connectivity index (χ0) is 29.7. The molecule has 45 heavy (non-hydrogen) atoms. The van der Waals surface area contributed by atoms with Gasteiger partial charge in [-0.1, -0.05) is 127 Å². The molecule has 9 rings (SSSR count). The van der Waals surface area contributed by atoms with Crippen molar-refractivity contribution < 1.29 is 4.42 Å². The Balaban J connectivity index is 1.29. The number of hydrogen-bond donors (Lipinski definition) is 0. The van der Waals surface area contributed by atoms with Crippen LogP contribution in [0.25, 0.3) is 88.8 Å². The van der Waals surface area contributed by atoms with Gasteiger partial charge in [0.2, 0.25) is 0 Å². The van der Waals surface area contributed by atoms with Crippen molar-refractivity contribution in [3.05, 3.63) is 152 Å². The van der Waals surface area contributed by atoms with Crippen molar-refractivity contribution in [1.82, 2.24) is 15.0 Å². The Kier molecular flexibility index (Phi) is 5.78. The van der Waals surface area contributed by atoms with Crippen molar-refractivity contribution in [2.24, 2.45) is 0 Å². The monoisotopic (exact) mass is 575 g/mol. The molecule has 0 fully saturated rings. The molecule has 0 spiro atoms. The molecule has 0 unspecified atom stereocenters. The van der Waals surface area contributed by atoms with Gasteiger partial charge in [-0.2, -0.15) is 0 Å². The van der Waals surface area contributed by atoms with E-state index in [0.29, 0.717) is 17.5 Å². The van der Waals surface area contributed by atoms with Gasteiger partial charge in [0.05, 0.1) is 0 Å². The standard InChI is InChI=1S/C41H25N3O/c1-2-10-26(11-3-1)29-22-23-32-30(24-29)14-8-16-33(32)40-42-39(31-21-20-27-12-4-5-13-28(27)25-31)43-41(44-40)35-17-9-19-37-38(35)34-15-6-7-18-36(34)45-37/h1-25H. The quantitative estimate of drug-likeness (QED) is 0.209. The van der Waals surface area contributed by atoms with Crippen molar-refractivity contribution in [2.75, 3.05) is 0 Å². The third kappa shape index (κ3) is 4.35. The summed E-state index contributed by atoms with van der Waals surface area (Å²) in [6.07, 6.45) is 0. The molecule has 0 aliphatic heterocycles. The van der Waals surface area contributed by atoms with Crippen LogP contribution in [0.1, 0.15) is 0 Å². The molecule has 7 aromatic carbocycles. The highest BCUT2D eigenvalue weighted by atomic mass is 16.3. The molecule has 2 aromatic heterocycles. The fourth-order valence-corrected chi connectivity index (χ4v) is 6.32. The summed E-state index contributed by atoms with van der Waals surface area (Å²) in [5, 5.41) is 6.57. The molecule has 0 aliphatic carbocycles. The molecule has 9 aromatic rings. The van der Waals surface area contributed by atoms with Gasteiger partial charge >= 0.3 is 0 Å². The third-order valence-electron chi connectivity index (χ3n) is 8.51. The highest BCUT2D eigenvalue weighted by Crippen LogP contribution is 2.37. The van der Waals surface area contributed by atoms with E-state index in [-0.39, 0.29) is 0 Å². The maximum atomic E-state index is 6.23. The number of hydrogen-bond acceptors (Lipinski definition) is 4. The predicted molar refractivity (Wildman–Crippen MR) is 184 cm³/mol. The second kappa shape index (κ2) is 10.2. The summed E-state index contributed by atoms with van der Waals surface area (Å²) in [6, 6.07) is 52.3. The van der Waals surface area contributed by atoms with Crippen LogP contribution in [0.3, 0.4) is 0 Å². The number of furan rings is 1. The lowest BCUT2D eigenvalue weighted by molar-refractivity contribution is 0.669. The fourth-order valence-electron chi connectivity index (χ4n) is 6.32. The molecule has 0 saturated carbocycles. The van der Waals surface area contributed by atoms with E-state index in [0.717, 1.165) is 54.8 Å². The summed E-state index contributed by atoms with van der Waals surface area (Å²) in [6.45, 7) is 0. The van der Waals surface area contributed by atoms with Gasteiger partial charge in [-0.3, -0.25) is 0 Å².